The summed E-state index contributed by atoms with van der Waals surface area (Å²) in [5, 5.41) is 3.17. The van der Waals surface area contributed by atoms with Crippen molar-refractivity contribution in [1.82, 2.24) is 0 Å². The maximum Gasteiger partial charge on any atom is 0.262 e. The predicted octanol–water partition coefficient (Wildman–Crippen LogP) is 6.71. The van der Waals surface area contributed by atoms with E-state index in [1.165, 1.54) is 11.8 Å². The first kappa shape index (κ1) is 23.6. The van der Waals surface area contributed by atoms with Gasteiger partial charge in [0.05, 0.1) is 9.86 Å². The minimum Gasteiger partial charge on any atom is -0.484 e. The molecule has 4 aromatic rings. The number of anilines is 1. The molecule has 1 amide bonds. The zero-order valence-electron chi connectivity index (χ0n) is 18.7. The summed E-state index contributed by atoms with van der Waals surface area (Å²) < 4.78 is 17.6. The average Bonchev–Trinajstić information content (AvgIpc) is 2.85. The quantitative estimate of drug-likeness (QED) is 0.265. The molecule has 0 unspecified atom stereocenters. The number of amides is 1. The molecule has 0 radical (unpaired) electrons. The van der Waals surface area contributed by atoms with Crippen LogP contribution < -0.4 is 20.2 Å². The van der Waals surface area contributed by atoms with E-state index in [0.717, 1.165) is 29.4 Å². The average molecular weight is 522 g/mol. The Morgan fingerprint density at radius 2 is 1.82 bits per heavy atom. The Labute approximate surface area is 205 Å². The van der Waals surface area contributed by atoms with E-state index in [1.807, 2.05) is 42.5 Å². The lowest BCUT2D eigenvalue weighted by Gasteiger charge is -2.10. The van der Waals surface area contributed by atoms with E-state index >= 15 is 0 Å². The highest BCUT2D eigenvalue weighted by atomic mass is 79.9. The van der Waals surface area contributed by atoms with Gasteiger partial charge in [-0.1, -0.05) is 37.6 Å². The molecule has 0 fully saturated rings. The highest BCUT2D eigenvalue weighted by molar-refractivity contribution is 9.10. The molecule has 0 spiro atoms. The Kier molecular flexibility index (Phi) is 7.65. The Bertz CT molecular complexity index is 1350. The van der Waals surface area contributed by atoms with E-state index in [1.54, 1.807) is 24.3 Å². The van der Waals surface area contributed by atoms with Crippen LogP contribution in [0.3, 0.4) is 0 Å². The first-order valence-electron chi connectivity index (χ1n) is 11.0. The van der Waals surface area contributed by atoms with Crippen molar-refractivity contribution in [2.45, 2.75) is 26.2 Å². The van der Waals surface area contributed by atoms with Crippen molar-refractivity contribution < 1.29 is 18.7 Å². The molecule has 0 saturated heterocycles. The van der Waals surface area contributed by atoms with Gasteiger partial charge in [-0.25, -0.2) is 0 Å². The number of para-hydroxylation sites is 1. The molecular formula is C27H24BrNO5. The summed E-state index contributed by atoms with van der Waals surface area (Å²) in [5.74, 6) is 0.726. The fourth-order valence-corrected chi connectivity index (χ4v) is 3.74. The Hall–Kier alpha value is -3.58. The maximum absolute atomic E-state index is 12.8. The van der Waals surface area contributed by atoms with E-state index < -0.39 is 0 Å². The summed E-state index contributed by atoms with van der Waals surface area (Å²) in [7, 11) is 0. The lowest BCUT2D eigenvalue weighted by molar-refractivity contribution is -0.118. The zero-order valence-corrected chi connectivity index (χ0v) is 20.3. The molecule has 1 N–H and O–H groups in total. The SMILES string of the molecule is CCCCc1ccc(NC(=O)COc2ccc3c(=O)c(Oc4ccccc4Br)coc3c2)cc1. The molecule has 0 bridgehead atoms. The molecule has 0 atom stereocenters. The van der Waals surface area contributed by atoms with Gasteiger partial charge in [0.1, 0.15) is 23.3 Å². The van der Waals surface area contributed by atoms with Crippen molar-refractivity contribution in [3.8, 4) is 17.2 Å². The largest absolute Gasteiger partial charge is 0.484 e. The fraction of sp³-hybridized carbons (Fsp3) is 0.185. The first-order valence-corrected chi connectivity index (χ1v) is 11.8. The molecular weight excluding hydrogens is 498 g/mol. The van der Waals surface area contributed by atoms with Gasteiger partial charge in [-0.05, 0) is 70.7 Å². The summed E-state index contributed by atoms with van der Waals surface area (Å²) in [6.45, 7) is 1.99. The summed E-state index contributed by atoms with van der Waals surface area (Å²) in [6.07, 6.45) is 4.59. The Morgan fingerprint density at radius 3 is 2.59 bits per heavy atom. The van der Waals surface area contributed by atoms with Crippen LogP contribution in [0.25, 0.3) is 11.0 Å². The third-order valence-electron chi connectivity index (χ3n) is 5.20. The van der Waals surface area contributed by atoms with E-state index in [-0.39, 0.29) is 23.7 Å². The number of hydrogen-bond acceptors (Lipinski definition) is 5. The molecule has 0 saturated carbocycles. The molecule has 6 nitrogen and oxygen atoms in total. The normalized spacial score (nSPS) is 10.8. The second-order valence-corrected chi connectivity index (χ2v) is 8.61. The molecule has 0 aliphatic heterocycles. The molecule has 34 heavy (non-hydrogen) atoms. The molecule has 4 rings (SSSR count). The number of halogens is 1. The molecule has 3 aromatic carbocycles. The predicted molar refractivity (Wildman–Crippen MR) is 136 cm³/mol. The van der Waals surface area contributed by atoms with Gasteiger partial charge in [0.25, 0.3) is 5.91 Å². The van der Waals surface area contributed by atoms with Gasteiger partial charge in [-0.2, -0.15) is 0 Å². The standard InChI is InChI=1S/C27H24BrNO5/c1-2-3-6-18-9-11-19(12-10-18)29-26(30)17-32-20-13-14-21-24(15-20)33-16-25(27(21)31)34-23-8-5-4-7-22(23)28/h4-5,7-16H,2-3,6,17H2,1H3,(H,29,30). The molecule has 0 aliphatic rings. The number of aryl methyl sites for hydroxylation is 1. The van der Waals surface area contributed by atoms with Crippen LogP contribution in [0.1, 0.15) is 25.3 Å². The minimum atomic E-state index is -0.302. The van der Waals surface area contributed by atoms with Crippen molar-refractivity contribution in [3.05, 3.63) is 93.3 Å². The van der Waals surface area contributed by atoms with Crippen LogP contribution in [-0.4, -0.2) is 12.5 Å². The summed E-state index contributed by atoms with van der Waals surface area (Å²) in [5.41, 5.74) is 2.00. The highest BCUT2D eigenvalue weighted by Gasteiger charge is 2.12. The second kappa shape index (κ2) is 11.0. The molecule has 1 aromatic heterocycles. The number of carbonyl (C=O) groups excluding carboxylic acids is 1. The van der Waals surface area contributed by atoms with Crippen LogP contribution in [0.15, 0.2) is 86.7 Å². The van der Waals surface area contributed by atoms with Crippen molar-refractivity contribution in [3.63, 3.8) is 0 Å². The molecule has 174 valence electrons. The van der Waals surface area contributed by atoms with Gasteiger partial charge in [-0.15, -0.1) is 0 Å². The van der Waals surface area contributed by atoms with Crippen LogP contribution in [-0.2, 0) is 11.2 Å². The van der Waals surface area contributed by atoms with E-state index in [2.05, 4.69) is 28.2 Å². The van der Waals surface area contributed by atoms with E-state index in [9.17, 15) is 9.59 Å². The summed E-state index contributed by atoms with van der Waals surface area (Å²) >= 11 is 3.39. The van der Waals surface area contributed by atoms with Crippen molar-refractivity contribution >= 4 is 38.5 Å². The van der Waals surface area contributed by atoms with Crippen molar-refractivity contribution in [2.75, 3.05) is 11.9 Å². The number of fused-ring (bicyclic) bond motifs is 1. The van der Waals surface area contributed by atoms with Gasteiger partial charge in [0, 0.05) is 11.8 Å². The van der Waals surface area contributed by atoms with Crippen LogP contribution in [0.5, 0.6) is 17.2 Å². The third kappa shape index (κ3) is 5.85. The first-order chi connectivity index (χ1) is 16.5. The van der Waals surface area contributed by atoms with E-state index in [4.69, 9.17) is 13.9 Å². The molecule has 7 heteroatoms. The molecule has 1 heterocycles. The molecule has 0 aliphatic carbocycles. The maximum atomic E-state index is 12.8. The number of benzene rings is 3. The van der Waals surface area contributed by atoms with Gasteiger partial charge >= 0.3 is 0 Å². The second-order valence-electron chi connectivity index (χ2n) is 7.76. The number of nitrogens with one attached hydrogen (secondary N) is 1. The van der Waals surface area contributed by atoms with Gasteiger partial charge in [-0.3, -0.25) is 9.59 Å². The third-order valence-corrected chi connectivity index (χ3v) is 5.85. The number of rotatable bonds is 9. The van der Waals surface area contributed by atoms with Crippen molar-refractivity contribution in [1.29, 1.82) is 0 Å². The lowest BCUT2D eigenvalue weighted by atomic mass is 10.1. The van der Waals surface area contributed by atoms with Crippen molar-refractivity contribution in [2.24, 2.45) is 0 Å². The zero-order chi connectivity index (χ0) is 23.9. The highest BCUT2D eigenvalue weighted by Crippen LogP contribution is 2.29. The smallest absolute Gasteiger partial charge is 0.262 e. The van der Waals surface area contributed by atoms with E-state index in [0.29, 0.717) is 22.5 Å². The van der Waals surface area contributed by atoms with Gasteiger partial charge < -0.3 is 19.2 Å². The minimum absolute atomic E-state index is 0.0770. The number of ether oxygens (including phenoxy) is 2. The van der Waals surface area contributed by atoms with Crippen LogP contribution in [0.2, 0.25) is 0 Å². The van der Waals surface area contributed by atoms with Crippen LogP contribution in [0.4, 0.5) is 5.69 Å². The number of carbonyl (C=O) groups is 1. The Balaban J connectivity index is 1.38. The lowest BCUT2D eigenvalue weighted by Crippen LogP contribution is -2.20. The topological polar surface area (TPSA) is 77.8 Å². The Morgan fingerprint density at radius 1 is 1.03 bits per heavy atom. The number of hydrogen-bond donors (Lipinski definition) is 1. The van der Waals surface area contributed by atoms with Gasteiger partial charge in [0.2, 0.25) is 11.2 Å². The van der Waals surface area contributed by atoms with Crippen LogP contribution in [0, 0.1) is 0 Å². The van der Waals surface area contributed by atoms with Crippen LogP contribution >= 0.6 is 15.9 Å². The van der Waals surface area contributed by atoms with Gasteiger partial charge in [0.15, 0.2) is 6.61 Å². The fourth-order valence-electron chi connectivity index (χ4n) is 3.38. The monoisotopic (exact) mass is 521 g/mol. The summed E-state index contributed by atoms with van der Waals surface area (Å²) in [4.78, 5) is 25.1. The number of unbranched alkanes of at least 4 members (excludes halogenated alkanes) is 1. The summed E-state index contributed by atoms with van der Waals surface area (Å²) in [6, 6.07) is 19.8.